The molecular formula is C21H22N4O6S. The molecule has 1 N–H and O–H groups in total. The van der Waals surface area contributed by atoms with Gasteiger partial charge < -0.3 is 10.1 Å². The molecule has 0 bridgehead atoms. The lowest BCUT2D eigenvalue weighted by Crippen LogP contribution is -2.17. The summed E-state index contributed by atoms with van der Waals surface area (Å²) in [6.07, 6.45) is 2.60. The van der Waals surface area contributed by atoms with Crippen LogP contribution in [0.15, 0.2) is 59.6 Å². The zero-order chi connectivity index (χ0) is 23.1. The molecule has 3 rings (SSSR count). The van der Waals surface area contributed by atoms with Crippen molar-refractivity contribution in [3.63, 3.8) is 0 Å². The summed E-state index contributed by atoms with van der Waals surface area (Å²) in [4.78, 5) is 23.0. The van der Waals surface area contributed by atoms with Gasteiger partial charge in [0.05, 0.1) is 41.8 Å². The summed E-state index contributed by atoms with van der Waals surface area (Å²) in [7, 11) is -1.11. The van der Waals surface area contributed by atoms with Gasteiger partial charge in [-0.15, -0.1) is 5.10 Å². The van der Waals surface area contributed by atoms with Gasteiger partial charge in [-0.1, -0.05) is 5.21 Å². The fourth-order valence-corrected chi connectivity index (χ4v) is 3.76. The van der Waals surface area contributed by atoms with E-state index in [1.807, 2.05) is 0 Å². The molecule has 32 heavy (non-hydrogen) atoms. The number of hydrogen-bond acceptors (Lipinski definition) is 8. The Morgan fingerprint density at radius 1 is 1.03 bits per heavy atom. The predicted octanol–water partition coefficient (Wildman–Crippen LogP) is 1.75. The van der Waals surface area contributed by atoms with Crippen molar-refractivity contribution in [2.24, 2.45) is 0 Å². The van der Waals surface area contributed by atoms with Gasteiger partial charge in [-0.2, -0.15) is 8.42 Å². The van der Waals surface area contributed by atoms with Gasteiger partial charge in [0, 0.05) is 12.6 Å². The molecular weight excluding hydrogens is 436 g/mol. The van der Waals surface area contributed by atoms with E-state index >= 15 is 0 Å². The lowest BCUT2D eigenvalue weighted by molar-refractivity contribution is 0.0600. The highest BCUT2D eigenvalue weighted by Gasteiger charge is 2.16. The predicted molar refractivity (Wildman–Crippen MR) is 114 cm³/mol. The van der Waals surface area contributed by atoms with E-state index in [1.165, 1.54) is 38.4 Å². The van der Waals surface area contributed by atoms with E-state index in [9.17, 15) is 18.0 Å². The molecule has 3 aromatic rings. The first-order valence-electron chi connectivity index (χ1n) is 9.65. The van der Waals surface area contributed by atoms with E-state index < -0.39 is 16.1 Å². The van der Waals surface area contributed by atoms with Crippen LogP contribution in [-0.2, 0) is 25.5 Å². The van der Waals surface area contributed by atoms with Gasteiger partial charge in [0.1, 0.15) is 0 Å². The summed E-state index contributed by atoms with van der Waals surface area (Å²) in [6, 6.07) is 12.2. The van der Waals surface area contributed by atoms with Crippen molar-refractivity contribution in [1.82, 2.24) is 20.3 Å². The standard InChI is InChI=1S/C21H22N4O6S/c1-22-20(26)15-7-11-19(12-8-15)32(28,29)31-13-3-4-17-14-25(24-23-17)18-9-5-16(6-10-18)21(27)30-2/h5-12,14H,3-4,13H2,1-2H3,(H,22,26). The Hall–Kier alpha value is -3.57. The van der Waals surface area contributed by atoms with Gasteiger partial charge >= 0.3 is 5.97 Å². The van der Waals surface area contributed by atoms with Crippen LogP contribution in [0.2, 0.25) is 0 Å². The van der Waals surface area contributed by atoms with Gasteiger partial charge in [-0.25, -0.2) is 9.48 Å². The molecule has 1 amide bonds. The second-order valence-electron chi connectivity index (χ2n) is 6.68. The number of esters is 1. The van der Waals surface area contributed by atoms with E-state index in [2.05, 4.69) is 20.4 Å². The lowest BCUT2D eigenvalue weighted by atomic mass is 10.2. The molecule has 0 aliphatic carbocycles. The van der Waals surface area contributed by atoms with Crippen LogP contribution < -0.4 is 5.32 Å². The number of benzene rings is 2. The van der Waals surface area contributed by atoms with Gasteiger partial charge in [0.2, 0.25) is 0 Å². The largest absolute Gasteiger partial charge is 0.465 e. The molecule has 11 heteroatoms. The van der Waals surface area contributed by atoms with E-state index in [1.54, 1.807) is 35.1 Å². The molecule has 10 nitrogen and oxygen atoms in total. The van der Waals surface area contributed by atoms with Crippen molar-refractivity contribution in [1.29, 1.82) is 0 Å². The fraction of sp³-hybridized carbons (Fsp3) is 0.238. The van der Waals surface area contributed by atoms with Crippen LogP contribution in [0.1, 0.15) is 32.8 Å². The van der Waals surface area contributed by atoms with Crippen LogP contribution >= 0.6 is 0 Å². The van der Waals surface area contributed by atoms with E-state index in [0.29, 0.717) is 29.7 Å². The SMILES string of the molecule is CNC(=O)c1ccc(S(=O)(=O)OCCCc2cn(-c3ccc(C(=O)OC)cc3)nn2)cc1. The summed E-state index contributed by atoms with van der Waals surface area (Å²) in [5.41, 5.74) is 2.17. The minimum Gasteiger partial charge on any atom is -0.465 e. The Morgan fingerprint density at radius 3 is 2.31 bits per heavy atom. The highest BCUT2D eigenvalue weighted by Crippen LogP contribution is 2.15. The number of aryl methyl sites for hydroxylation is 1. The minimum atomic E-state index is -3.93. The average Bonchev–Trinajstić information content (AvgIpc) is 3.30. The number of ether oxygens (including phenoxy) is 1. The van der Waals surface area contributed by atoms with Gasteiger partial charge in [-0.05, 0) is 61.4 Å². The molecule has 0 aliphatic heterocycles. The van der Waals surface area contributed by atoms with Crippen molar-refractivity contribution in [3.8, 4) is 5.69 Å². The first-order chi connectivity index (χ1) is 15.3. The van der Waals surface area contributed by atoms with Crippen LogP contribution in [-0.4, -0.2) is 56.1 Å². The molecule has 0 fully saturated rings. The van der Waals surface area contributed by atoms with Gasteiger partial charge in [0.25, 0.3) is 16.0 Å². The molecule has 168 valence electrons. The summed E-state index contributed by atoms with van der Waals surface area (Å²) in [6.45, 7) is -0.0276. The van der Waals surface area contributed by atoms with Crippen LogP contribution in [0.25, 0.3) is 5.69 Å². The third-order valence-corrected chi connectivity index (χ3v) is 5.87. The number of nitrogens with one attached hydrogen (secondary N) is 1. The zero-order valence-corrected chi connectivity index (χ0v) is 18.3. The van der Waals surface area contributed by atoms with Crippen LogP contribution in [0, 0.1) is 0 Å². The molecule has 0 atom stereocenters. The van der Waals surface area contributed by atoms with Crippen LogP contribution in [0.4, 0.5) is 0 Å². The van der Waals surface area contributed by atoms with E-state index in [4.69, 9.17) is 4.18 Å². The number of amides is 1. The second kappa shape index (κ2) is 10.2. The Labute approximate surface area is 185 Å². The molecule has 0 saturated carbocycles. The minimum absolute atomic E-state index is 0.0218. The van der Waals surface area contributed by atoms with Crippen molar-refractivity contribution in [3.05, 3.63) is 71.5 Å². The molecule has 0 aliphatic rings. The second-order valence-corrected chi connectivity index (χ2v) is 8.29. The fourth-order valence-electron chi connectivity index (χ4n) is 2.81. The van der Waals surface area contributed by atoms with Gasteiger partial charge in [-0.3, -0.25) is 8.98 Å². The number of methoxy groups -OCH3 is 1. The molecule has 1 heterocycles. The van der Waals surface area contributed by atoms with Crippen LogP contribution in [0.5, 0.6) is 0 Å². The molecule has 0 spiro atoms. The molecule has 0 radical (unpaired) electrons. The quantitative estimate of drug-likeness (QED) is 0.292. The van der Waals surface area contributed by atoms with Gasteiger partial charge in [0.15, 0.2) is 0 Å². The number of carbonyl (C=O) groups is 2. The number of nitrogens with zero attached hydrogens (tertiary/aromatic N) is 3. The topological polar surface area (TPSA) is 129 Å². The maximum absolute atomic E-state index is 12.3. The maximum atomic E-state index is 12.3. The normalized spacial score (nSPS) is 11.2. The van der Waals surface area contributed by atoms with Crippen LogP contribution in [0.3, 0.4) is 0 Å². The van der Waals surface area contributed by atoms with Crippen molar-refractivity contribution < 1.29 is 26.9 Å². The average molecular weight is 458 g/mol. The van der Waals surface area contributed by atoms with Crippen molar-refractivity contribution >= 4 is 22.0 Å². The Morgan fingerprint density at radius 2 is 1.69 bits per heavy atom. The molecule has 0 saturated heterocycles. The number of rotatable bonds is 9. The summed E-state index contributed by atoms with van der Waals surface area (Å²) in [5, 5.41) is 10.6. The van der Waals surface area contributed by atoms with E-state index in [0.717, 1.165) is 5.69 Å². The molecule has 0 unspecified atom stereocenters. The first kappa shape index (κ1) is 23.1. The highest BCUT2D eigenvalue weighted by molar-refractivity contribution is 7.86. The number of aromatic nitrogens is 3. The summed E-state index contributed by atoms with van der Waals surface area (Å²) in [5.74, 6) is -0.726. The molecule has 1 aromatic heterocycles. The van der Waals surface area contributed by atoms with Crippen molar-refractivity contribution in [2.45, 2.75) is 17.7 Å². The third kappa shape index (κ3) is 5.56. The molecule has 2 aromatic carbocycles. The first-order valence-corrected chi connectivity index (χ1v) is 11.1. The Bertz CT molecular complexity index is 1190. The highest BCUT2D eigenvalue weighted by atomic mass is 32.2. The monoisotopic (exact) mass is 458 g/mol. The Kier molecular flexibility index (Phi) is 7.33. The Balaban J connectivity index is 1.52. The van der Waals surface area contributed by atoms with E-state index in [-0.39, 0.29) is 17.4 Å². The summed E-state index contributed by atoms with van der Waals surface area (Å²) < 4.78 is 35.9. The van der Waals surface area contributed by atoms with Crippen molar-refractivity contribution in [2.75, 3.05) is 20.8 Å². The number of carbonyl (C=O) groups excluding carboxylic acids is 2. The third-order valence-electron chi connectivity index (χ3n) is 4.54. The smallest absolute Gasteiger partial charge is 0.337 e. The maximum Gasteiger partial charge on any atom is 0.337 e. The zero-order valence-electron chi connectivity index (χ0n) is 17.5. The lowest BCUT2D eigenvalue weighted by Gasteiger charge is -2.06. The number of hydrogen-bond donors (Lipinski definition) is 1. The summed E-state index contributed by atoms with van der Waals surface area (Å²) >= 11 is 0.